The summed E-state index contributed by atoms with van der Waals surface area (Å²) in [6.45, 7) is 1.53. The molecular formula is C21H20N4O5. The van der Waals surface area contributed by atoms with Gasteiger partial charge in [0.05, 0.1) is 24.6 Å². The number of carbonyl (C=O) groups is 2. The van der Waals surface area contributed by atoms with Crippen molar-refractivity contribution in [3.05, 3.63) is 59.2 Å². The maximum Gasteiger partial charge on any atom is 0.277 e. The van der Waals surface area contributed by atoms with Crippen LogP contribution in [0.1, 0.15) is 18.1 Å². The van der Waals surface area contributed by atoms with Crippen LogP contribution < -0.4 is 20.3 Å². The number of amides is 2. The Morgan fingerprint density at radius 3 is 2.63 bits per heavy atom. The number of nitrogens with one attached hydrogen (secondary N) is 2. The fourth-order valence-electron chi connectivity index (χ4n) is 2.55. The molecule has 30 heavy (non-hydrogen) atoms. The van der Waals surface area contributed by atoms with Gasteiger partial charge in [0.2, 0.25) is 0 Å². The number of methoxy groups -OCH3 is 1. The third kappa shape index (κ3) is 5.22. The van der Waals surface area contributed by atoms with Gasteiger partial charge < -0.3 is 14.6 Å². The fraction of sp³-hybridized carbons (Fsp3) is 0.143. The number of rotatable bonds is 7. The summed E-state index contributed by atoms with van der Waals surface area (Å²) in [5.41, 5.74) is 7.35. The Morgan fingerprint density at radius 2 is 1.97 bits per heavy atom. The van der Waals surface area contributed by atoms with E-state index in [0.717, 1.165) is 5.56 Å². The first-order valence-electron chi connectivity index (χ1n) is 8.95. The van der Waals surface area contributed by atoms with Crippen molar-refractivity contribution < 1.29 is 24.2 Å². The summed E-state index contributed by atoms with van der Waals surface area (Å²) in [5.74, 6) is 0.155. The topological polar surface area (TPSA) is 122 Å². The van der Waals surface area contributed by atoms with E-state index in [1.54, 1.807) is 49.4 Å². The van der Waals surface area contributed by atoms with Crippen LogP contribution in [0.4, 0.5) is 0 Å². The van der Waals surface area contributed by atoms with Crippen LogP contribution in [0, 0.1) is 0 Å². The molecule has 0 spiro atoms. The van der Waals surface area contributed by atoms with Crippen LogP contribution in [-0.4, -0.2) is 42.6 Å². The Bertz CT molecular complexity index is 1040. The van der Waals surface area contributed by atoms with Gasteiger partial charge in [-0.3, -0.25) is 9.59 Å². The van der Waals surface area contributed by atoms with E-state index in [1.165, 1.54) is 19.4 Å². The van der Waals surface area contributed by atoms with E-state index >= 15 is 0 Å². The predicted octanol–water partition coefficient (Wildman–Crippen LogP) is 1.82. The Balaban J connectivity index is 1.49. The van der Waals surface area contributed by atoms with Gasteiger partial charge in [0.15, 0.2) is 18.1 Å². The highest BCUT2D eigenvalue weighted by molar-refractivity contribution is 6.26. The maximum atomic E-state index is 11.9. The molecule has 0 aliphatic carbocycles. The summed E-state index contributed by atoms with van der Waals surface area (Å²) in [5, 5.41) is 17.3. The van der Waals surface area contributed by atoms with Crippen molar-refractivity contribution in [3.8, 4) is 17.2 Å². The number of carbonyl (C=O) groups excluding carboxylic acids is 2. The van der Waals surface area contributed by atoms with Gasteiger partial charge >= 0.3 is 0 Å². The molecule has 3 N–H and O–H groups in total. The molecule has 0 unspecified atom stereocenters. The number of nitrogens with zero attached hydrogens (tertiary/aromatic N) is 2. The molecule has 2 amide bonds. The number of hydrogen-bond donors (Lipinski definition) is 3. The van der Waals surface area contributed by atoms with E-state index in [9.17, 15) is 14.7 Å². The predicted molar refractivity (Wildman–Crippen MR) is 112 cm³/mol. The molecule has 2 aromatic carbocycles. The van der Waals surface area contributed by atoms with Gasteiger partial charge in [0.25, 0.3) is 11.8 Å². The molecule has 2 aromatic rings. The molecule has 1 aliphatic rings. The zero-order chi connectivity index (χ0) is 21.5. The first kappa shape index (κ1) is 20.6. The molecule has 1 heterocycles. The molecule has 0 fully saturated rings. The highest BCUT2D eigenvalue weighted by Gasteiger charge is 2.18. The smallest absolute Gasteiger partial charge is 0.277 e. The Labute approximate surface area is 172 Å². The van der Waals surface area contributed by atoms with E-state index in [-0.39, 0.29) is 18.3 Å². The van der Waals surface area contributed by atoms with Crippen molar-refractivity contribution in [2.75, 3.05) is 13.7 Å². The zero-order valence-electron chi connectivity index (χ0n) is 16.4. The number of ether oxygens (including phenoxy) is 2. The first-order chi connectivity index (χ1) is 14.5. The normalized spacial score (nSPS) is 14.5. The molecule has 0 atom stereocenters. The summed E-state index contributed by atoms with van der Waals surface area (Å²) in [4.78, 5) is 23.5. The SMILES string of the molecule is COc1cc(/C=N/NC(=O)COc2ccc(/C=C3\C(=O)NN=C3C)cc2)ccc1O. The van der Waals surface area contributed by atoms with E-state index in [0.29, 0.717) is 28.3 Å². The minimum Gasteiger partial charge on any atom is -0.504 e. The third-order valence-corrected chi connectivity index (χ3v) is 4.13. The molecule has 154 valence electrons. The molecule has 0 saturated carbocycles. The summed E-state index contributed by atoms with van der Waals surface area (Å²) >= 11 is 0. The molecule has 9 nitrogen and oxygen atoms in total. The highest BCUT2D eigenvalue weighted by Crippen LogP contribution is 2.25. The van der Waals surface area contributed by atoms with Crippen molar-refractivity contribution in [1.82, 2.24) is 10.9 Å². The van der Waals surface area contributed by atoms with Crippen molar-refractivity contribution in [2.45, 2.75) is 6.92 Å². The minimum absolute atomic E-state index is 0.0177. The zero-order valence-corrected chi connectivity index (χ0v) is 16.4. The van der Waals surface area contributed by atoms with E-state index in [4.69, 9.17) is 9.47 Å². The Morgan fingerprint density at radius 1 is 1.23 bits per heavy atom. The van der Waals surface area contributed by atoms with E-state index in [1.807, 2.05) is 0 Å². The van der Waals surface area contributed by atoms with Gasteiger partial charge in [-0.05, 0) is 54.5 Å². The average molecular weight is 408 g/mol. The number of aromatic hydroxyl groups is 1. The first-order valence-corrected chi connectivity index (χ1v) is 8.95. The van der Waals surface area contributed by atoms with Gasteiger partial charge in [-0.25, -0.2) is 10.9 Å². The highest BCUT2D eigenvalue weighted by atomic mass is 16.5. The monoisotopic (exact) mass is 408 g/mol. The van der Waals surface area contributed by atoms with Gasteiger partial charge in [0.1, 0.15) is 5.75 Å². The quantitative estimate of drug-likeness (QED) is 0.367. The lowest BCUT2D eigenvalue weighted by Crippen LogP contribution is -2.24. The second-order valence-corrected chi connectivity index (χ2v) is 6.28. The summed E-state index contributed by atoms with van der Waals surface area (Å²) < 4.78 is 10.4. The van der Waals surface area contributed by atoms with Crippen molar-refractivity contribution >= 4 is 29.8 Å². The number of phenols is 1. The lowest BCUT2D eigenvalue weighted by molar-refractivity contribution is -0.123. The third-order valence-electron chi connectivity index (χ3n) is 4.13. The second-order valence-electron chi connectivity index (χ2n) is 6.28. The van der Waals surface area contributed by atoms with Gasteiger partial charge in [-0.2, -0.15) is 10.2 Å². The molecule has 0 saturated heterocycles. The number of hydrazone groups is 2. The molecular weight excluding hydrogens is 388 g/mol. The lowest BCUT2D eigenvalue weighted by atomic mass is 10.1. The lowest BCUT2D eigenvalue weighted by Gasteiger charge is -2.06. The maximum absolute atomic E-state index is 11.9. The standard InChI is InChI=1S/C21H20N4O5/c1-13-17(21(28)25-23-13)9-14-3-6-16(7-4-14)30-12-20(27)24-22-11-15-5-8-18(26)19(10-15)29-2/h3-11,26H,12H2,1-2H3,(H,24,27)(H,25,28)/b17-9-,22-11+. The average Bonchev–Trinajstić information content (AvgIpc) is 3.06. The Kier molecular flexibility index (Phi) is 6.43. The van der Waals surface area contributed by atoms with Gasteiger partial charge in [0, 0.05) is 0 Å². The van der Waals surface area contributed by atoms with Gasteiger partial charge in [-0.15, -0.1) is 0 Å². The number of benzene rings is 2. The van der Waals surface area contributed by atoms with E-state index in [2.05, 4.69) is 21.1 Å². The summed E-state index contributed by atoms with van der Waals surface area (Å²) in [6.07, 6.45) is 3.15. The molecule has 0 aromatic heterocycles. The van der Waals surface area contributed by atoms with Crippen LogP contribution in [-0.2, 0) is 9.59 Å². The number of phenolic OH excluding ortho intramolecular Hbond substituents is 1. The van der Waals surface area contributed by atoms with Crippen LogP contribution >= 0.6 is 0 Å². The van der Waals surface area contributed by atoms with Crippen molar-refractivity contribution in [3.63, 3.8) is 0 Å². The molecule has 0 bridgehead atoms. The minimum atomic E-state index is -0.433. The van der Waals surface area contributed by atoms with Crippen LogP contribution in [0.15, 0.2) is 58.2 Å². The van der Waals surface area contributed by atoms with Crippen LogP contribution in [0.3, 0.4) is 0 Å². The number of hydrogen-bond acceptors (Lipinski definition) is 7. The van der Waals surface area contributed by atoms with E-state index < -0.39 is 5.91 Å². The molecule has 0 radical (unpaired) electrons. The molecule has 9 heteroatoms. The fourth-order valence-corrected chi connectivity index (χ4v) is 2.55. The van der Waals surface area contributed by atoms with Crippen molar-refractivity contribution in [2.24, 2.45) is 10.2 Å². The van der Waals surface area contributed by atoms with Crippen LogP contribution in [0.2, 0.25) is 0 Å². The summed E-state index contributed by atoms with van der Waals surface area (Å²) in [6, 6.07) is 11.6. The van der Waals surface area contributed by atoms with Gasteiger partial charge in [-0.1, -0.05) is 12.1 Å². The van der Waals surface area contributed by atoms with Crippen LogP contribution in [0.5, 0.6) is 17.2 Å². The largest absolute Gasteiger partial charge is 0.504 e. The van der Waals surface area contributed by atoms with Crippen molar-refractivity contribution in [1.29, 1.82) is 0 Å². The molecule has 1 aliphatic heterocycles. The van der Waals surface area contributed by atoms with Crippen LogP contribution in [0.25, 0.3) is 6.08 Å². The molecule has 3 rings (SSSR count). The second kappa shape index (κ2) is 9.37. The Hall–Kier alpha value is -4.14. The summed E-state index contributed by atoms with van der Waals surface area (Å²) in [7, 11) is 1.44.